The predicted octanol–water partition coefficient (Wildman–Crippen LogP) is 4.09. The SMILES string of the molecule is CC(C)Cc1ccc(C(=O)C2CCN(C(=O)c3coc(CN)c3)CC2)cc1.Cl. The van der Waals surface area contributed by atoms with Crippen LogP contribution in [0.2, 0.25) is 0 Å². The highest BCUT2D eigenvalue weighted by atomic mass is 35.5. The summed E-state index contributed by atoms with van der Waals surface area (Å²) in [5, 5.41) is 0. The highest BCUT2D eigenvalue weighted by Gasteiger charge is 2.29. The summed E-state index contributed by atoms with van der Waals surface area (Å²) in [7, 11) is 0. The Morgan fingerprint density at radius 3 is 2.32 bits per heavy atom. The monoisotopic (exact) mass is 404 g/mol. The number of Topliss-reactive ketones (excluding diaryl/α,β-unsaturated/α-hetero) is 1. The summed E-state index contributed by atoms with van der Waals surface area (Å²) < 4.78 is 5.25. The summed E-state index contributed by atoms with van der Waals surface area (Å²) in [6.45, 7) is 5.83. The van der Waals surface area contributed by atoms with Crippen molar-refractivity contribution in [2.24, 2.45) is 17.6 Å². The summed E-state index contributed by atoms with van der Waals surface area (Å²) >= 11 is 0. The maximum atomic E-state index is 12.8. The van der Waals surface area contributed by atoms with Crippen molar-refractivity contribution in [1.82, 2.24) is 4.90 Å². The number of likely N-dealkylation sites (tertiary alicyclic amines) is 1. The van der Waals surface area contributed by atoms with Gasteiger partial charge in [0.1, 0.15) is 12.0 Å². The summed E-state index contributed by atoms with van der Waals surface area (Å²) in [5.41, 5.74) is 8.09. The summed E-state index contributed by atoms with van der Waals surface area (Å²) in [6.07, 6.45) is 3.87. The molecule has 28 heavy (non-hydrogen) atoms. The molecule has 2 N–H and O–H groups in total. The first-order valence-electron chi connectivity index (χ1n) is 9.68. The Kier molecular flexibility index (Phi) is 7.84. The molecule has 0 aliphatic carbocycles. The molecule has 0 bridgehead atoms. The zero-order chi connectivity index (χ0) is 19.4. The number of nitrogens with zero attached hydrogens (tertiary/aromatic N) is 1. The minimum atomic E-state index is -0.0533. The highest BCUT2D eigenvalue weighted by Crippen LogP contribution is 2.24. The lowest BCUT2D eigenvalue weighted by Crippen LogP contribution is -2.40. The minimum absolute atomic E-state index is 0. The first kappa shape index (κ1) is 22.2. The van der Waals surface area contributed by atoms with Crippen molar-refractivity contribution in [3.63, 3.8) is 0 Å². The number of ketones is 1. The van der Waals surface area contributed by atoms with Crippen molar-refractivity contribution < 1.29 is 14.0 Å². The predicted molar refractivity (Wildman–Crippen MR) is 112 cm³/mol. The van der Waals surface area contributed by atoms with Gasteiger partial charge in [0.05, 0.1) is 12.1 Å². The van der Waals surface area contributed by atoms with E-state index in [0.717, 1.165) is 12.0 Å². The second-order valence-corrected chi connectivity index (χ2v) is 7.73. The second kappa shape index (κ2) is 9.89. The normalized spacial score (nSPS) is 14.8. The second-order valence-electron chi connectivity index (χ2n) is 7.73. The van der Waals surface area contributed by atoms with Crippen molar-refractivity contribution in [2.75, 3.05) is 13.1 Å². The quantitative estimate of drug-likeness (QED) is 0.735. The fraction of sp³-hybridized carbons (Fsp3) is 0.455. The lowest BCUT2D eigenvalue weighted by molar-refractivity contribution is 0.0649. The van der Waals surface area contributed by atoms with Crippen LogP contribution in [0.3, 0.4) is 0 Å². The molecule has 6 heteroatoms. The molecule has 5 nitrogen and oxygen atoms in total. The van der Waals surface area contributed by atoms with E-state index in [1.807, 2.05) is 12.1 Å². The summed E-state index contributed by atoms with van der Waals surface area (Å²) in [4.78, 5) is 27.1. The number of rotatable bonds is 6. The van der Waals surface area contributed by atoms with Gasteiger partial charge in [0, 0.05) is 24.6 Å². The minimum Gasteiger partial charge on any atom is -0.467 e. The van der Waals surface area contributed by atoms with E-state index in [-0.39, 0.29) is 36.6 Å². The number of carbonyl (C=O) groups is 2. The Hall–Kier alpha value is -2.11. The maximum absolute atomic E-state index is 12.8. The number of nitrogens with two attached hydrogens (primary N) is 1. The Morgan fingerprint density at radius 2 is 1.79 bits per heavy atom. The van der Waals surface area contributed by atoms with E-state index in [4.69, 9.17) is 10.2 Å². The van der Waals surface area contributed by atoms with Gasteiger partial charge in [-0.3, -0.25) is 9.59 Å². The largest absolute Gasteiger partial charge is 0.467 e. The lowest BCUT2D eigenvalue weighted by atomic mass is 9.88. The number of benzene rings is 1. The molecule has 1 amide bonds. The third-order valence-electron chi connectivity index (χ3n) is 5.14. The maximum Gasteiger partial charge on any atom is 0.257 e. The molecule has 0 saturated carbocycles. The van der Waals surface area contributed by atoms with E-state index in [0.29, 0.717) is 43.2 Å². The Balaban J connectivity index is 0.00000280. The molecule has 0 unspecified atom stereocenters. The van der Waals surface area contributed by atoms with E-state index < -0.39 is 0 Å². The van der Waals surface area contributed by atoms with Crippen molar-refractivity contribution in [3.8, 4) is 0 Å². The van der Waals surface area contributed by atoms with Crippen LogP contribution in [0, 0.1) is 11.8 Å². The van der Waals surface area contributed by atoms with E-state index in [2.05, 4.69) is 26.0 Å². The first-order chi connectivity index (χ1) is 13.0. The fourth-order valence-corrected chi connectivity index (χ4v) is 3.64. The zero-order valence-corrected chi connectivity index (χ0v) is 17.3. The van der Waals surface area contributed by atoms with E-state index in [9.17, 15) is 9.59 Å². The average molecular weight is 405 g/mol. The molecule has 1 aromatic heterocycles. The van der Waals surface area contributed by atoms with Crippen LogP contribution in [0.15, 0.2) is 41.0 Å². The van der Waals surface area contributed by atoms with Gasteiger partial charge >= 0.3 is 0 Å². The Labute approximate surface area is 172 Å². The van der Waals surface area contributed by atoms with Crippen LogP contribution >= 0.6 is 12.4 Å². The van der Waals surface area contributed by atoms with Gasteiger partial charge in [-0.15, -0.1) is 12.4 Å². The summed E-state index contributed by atoms with van der Waals surface area (Å²) in [6, 6.07) is 9.69. The molecule has 1 aliphatic rings. The molecule has 1 aliphatic heterocycles. The van der Waals surface area contributed by atoms with Gasteiger partial charge in [0.2, 0.25) is 0 Å². The molecule has 3 rings (SSSR count). The molecule has 1 saturated heterocycles. The highest BCUT2D eigenvalue weighted by molar-refractivity contribution is 5.98. The Morgan fingerprint density at radius 1 is 1.14 bits per heavy atom. The van der Waals surface area contributed by atoms with Gasteiger partial charge in [-0.1, -0.05) is 38.1 Å². The van der Waals surface area contributed by atoms with Crippen molar-refractivity contribution >= 4 is 24.1 Å². The number of piperidine rings is 1. The molecule has 0 atom stereocenters. The Bertz CT molecular complexity index is 790. The van der Waals surface area contributed by atoms with Crippen LogP contribution in [0.5, 0.6) is 0 Å². The average Bonchev–Trinajstić information content (AvgIpc) is 3.16. The van der Waals surface area contributed by atoms with Gasteiger partial charge in [0.25, 0.3) is 5.91 Å². The number of halogens is 1. The number of hydrogen-bond donors (Lipinski definition) is 1. The molecular formula is C22H29ClN2O3. The van der Waals surface area contributed by atoms with Crippen LogP contribution in [-0.4, -0.2) is 29.7 Å². The van der Waals surface area contributed by atoms with Gasteiger partial charge in [-0.25, -0.2) is 0 Å². The summed E-state index contributed by atoms with van der Waals surface area (Å²) in [5.74, 6) is 1.32. The molecule has 2 aromatic rings. The number of amides is 1. The number of furan rings is 1. The molecule has 1 fully saturated rings. The third kappa shape index (κ3) is 5.24. The van der Waals surface area contributed by atoms with E-state index >= 15 is 0 Å². The van der Waals surface area contributed by atoms with Crippen LogP contribution in [0.4, 0.5) is 0 Å². The zero-order valence-electron chi connectivity index (χ0n) is 16.5. The van der Waals surface area contributed by atoms with Crippen LogP contribution < -0.4 is 5.73 Å². The number of hydrogen-bond acceptors (Lipinski definition) is 4. The van der Waals surface area contributed by atoms with Gasteiger partial charge in [-0.2, -0.15) is 0 Å². The third-order valence-corrected chi connectivity index (χ3v) is 5.14. The lowest BCUT2D eigenvalue weighted by Gasteiger charge is -2.31. The number of carbonyl (C=O) groups excluding carboxylic acids is 2. The van der Waals surface area contributed by atoms with Crippen LogP contribution in [0.25, 0.3) is 0 Å². The van der Waals surface area contributed by atoms with Crippen molar-refractivity contribution in [2.45, 2.75) is 39.7 Å². The fourth-order valence-electron chi connectivity index (χ4n) is 3.64. The molecule has 0 spiro atoms. The van der Waals surface area contributed by atoms with Gasteiger partial charge in [0.15, 0.2) is 5.78 Å². The van der Waals surface area contributed by atoms with Crippen molar-refractivity contribution in [1.29, 1.82) is 0 Å². The van der Waals surface area contributed by atoms with E-state index in [1.54, 1.807) is 11.0 Å². The topological polar surface area (TPSA) is 76.5 Å². The smallest absolute Gasteiger partial charge is 0.257 e. The van der Waals surface area contributed by atoms with Gasteiger partial charge < -0.3 is 15.1 Å². The van der Waals surface area contributed by atoms with Crippen LogP contribution in [0.1, 0.15) is 58.7 Å². The molecule has 1 aromatic carbocycles. The van der Waals surface area contributed by atoms with Crippen molar-refractivity contribution in [3.05, 3.63) is 59.0 Å². The molecule has 2 heterocycles. The van der Waals surface area contributed by atoms with Gasteiger partial charge in [-0.05, 0) is 36.8 Å². The first-order valence-corrected chi connectivity index (χ1v) is 9.68. The molecular weight excluding hydrogens is 376 g/mol. The van der Waals surface area contributed by atoms with E-state index in [1.165, 1.54) is 11.8 Å². The van der Waals surface area contributed by atoms with Crippen LogP contribution in [-0.2, 0) is 13.0 Å². The standard InChI is InChI=1S/C22H28N2O3.ClH/c1-15(2)11-16-3-5-17(6-4-16)21(25)18-7-9-24(10-8-18)22(26)19-12-20(13-23)27-14-19;/h3-6,12,14-15,18H,7-11,13,23H2,1-2H3;1H. The molecule has 0 radical (unpaired) electrons. The molecule has 152 valence electrons.